The molecule has 9 nitrogen and oxygen atoms in total. The van der Waals surface area contributed by atoms with E-state index >= 15 is 0 Å². The van der Waals surface area contributed by atoms with Crippen molar-refractivity contribution in [2.75, 3.05) is 13.1 Å². The quantitative estimate of drug-likeness (QED) is 0.120. The molecule has 0 bridgehead atoms. The molecule has 1 aromatic heterocycles. The first-order chi connectivity index (χ1) is 24.8. The Kier molecular flexibility index (Phi) is 9.32. The van der Waals surface area contributed by atoms with E-state index in [2.05, 4.69) is 65.2 Å². The van der Waals surface area contributed by atoms with Crippen LogP contribution in [0.2, 0.25) is 0 Å². The summed E-state index contributed by atoms with van der Waals surface area (Å²) in [5.41, 5.74) is 0.924. The average molecular weight is 731 g/mol. The van der Waals surface area contributed by atoms with Crippen molar-refractivity contribution in [3.05, 3.63) is 51.9 Å². The normalized spacial score (nSPS) is 38.4. The van der Waals surface area contributed by atoms with Crippen LogP contribution in [0, 0.1) is 50.2 Å². The molecule has 0 aliphatic heterocycles. The first kappa shape index (κ1) is 38.1. The molecular weight excluding hydrogens is 668 g/mol. The van der Waals surface area contributed by atoms with Crippen molar-refractivity contribution in [1.29, 1.82) is 0 Å². The number of carbonyl (C=O) groups excluding carboxylic acids is 2. The number of hydrogen-bond acceptors (Lipinski definition) is 7. The van der Waals surface area contributed by atoms with E-state index in [4.69, 9.17) is 4.42 Å². The summed E-state index contributed by atoms with van der Waals surface area (Å²) in [5, 5.41) is 38.9. The average Bonchev–Trinajstić information content (AvgIpc) is 3.06. The molecule has 1 aromatic carbocycles. The van der Waals surface area contributed by atoms with Crippen molar-refractivity contribution in [1.82, 2.24) is 10.6 Å². The number of aromatic hydroxyl groups is 1. The fraction of sp³-hybridized carbons (Fsp3) is 0.705. The third-order valence-corrected chi connectivity index (χ3v) is 16.2. The predicted molar refractivity (Wildman–Crippen MR) is 205 cm³/mol. The second-order valence-corrected chi connectivity index (χ2v) is 19.8. The van der Waals surface area contributed by atoms with Crippen LogP contribution in [-0.4, -0.2) is 52.4 Å². The molecule has 5 aliphatic carbocycles. The summed E-state index contributed by atoms with van der Waals surface area (Å²) in [7, 11) is 0. The second kappa shape index (κ2) is 13.0. The van der Waals surface area contributed by atoms with Crippen LogP contribution in [0.3, 0.4) is 0 Å². The van der Waals surface area contributed by atoms with Gasteiger partial charge in [0.25, 0.3) is 0 Å². The van der Waals surface area contributed by atoms with Gasteiger partial charge in [0.2, 0.25) is 11.8 Å². The van der Waals surface area contributed by atoms with Gasteiger partial charge in [0.05, 0.1) is 24.0 Å². The second-order valence-electron chi connectivity index (χ2n) is 19.8. The molecule has 0 radical (unpaired) electrons. The number of amides is 2. The van der Waals surface area contributed by atoms with Gasteiger partial charge in [0.15, 0.2) is 0 Å². The Balaban J connectivity index is 1.04. The highest BCUT2D eigenvalue weighted by atomic mass is 16.4. The number of benzene rings is 1. The molecular formula is C44H62N2O7. The molecule has 0 saturated heterocycles. The van der Waals surface area contributed by atoms with Crippen molar-refractivity contribution in [3.63, 3.8) is 0 Å². The number of aliphatic hydroxyl groups is 2. The molecule has 0 unspecified atom stereocenters. The Morgan fingerprint density at radius 2 is 1.60 bits per heavy atom. The summed E-state index contributed by atoms with van der Waals surface area (Å²) in [5.74, 6) is 0.806. The summed E-state index contributed by atoms with van der Waals surface area (Å²) >= 11 is 0. The molecule has 4 saturated carbocycles. The molecule has 4 fully saturated rings. The Bertz CT molecular complexity index is 1880. The largest absolute Gasteiger partial charge is 0.508 e. The van der Waals surface area contributed by atoms with E-state index < -0.39 is 23.2 Å². The fourth-order valence-electron chi connectivity index (χ4n) is 13.1. The zero-order valence-electron chi connectivity index (χ0n) is 32.9. The molecule has 5 aliphatic rings. The van der Waals surface area contributed by atoms with Crippen LogP contribution < -0.4 is 16.3 Å². The van der Waals surface area contributed by atoms with Crippen molar-refractivity contribution in [2.45, 2.75) is 131 Å². The smallest absolute Gasteiger partial charge is 0.336 e. The van der Waals surface area contributed by atoms with Gasteiger partial charge in [-0.3, -0.25) is 9.59 Å². The Hall–Kier alpha value is -3.17. The Labute approximate surface area is 314 Å². The maximum absolute atomic E-state index is 14.5. The van der Waals surface area contributed by atoms with Crippen LogP contribution in [0.5, 0.6) is 5.75 Å². The number of carbonyl (C=O) groups is 2. The van der Waals surface area contributed by atoms with Crippen LogP contribution >= 0.6 is 0 Å². The molecule has 9 heteroatoms. The highest BCUT2D eigenvalue weighted by molar-refractivity contribution is 5.87. The van der Waals surface area contributed by atoms with E-state index in [1.54, 1.807) is 6.07 Å². The van der Waals surface area contributed by atoms with E-state index in [0.29, 0.717) is 48.7 Å². The number of hydrogen-bond donors (Lipinski definition) is 5. The van der Waals surface area contributed by atoms with Gasteiger partial charge < -0.3 is 30.4 Å². The minimum absolute atomic E-state index is 0.00751. The molecule has 1 heterocycles. The van der Waals surface area contributed by atoms with Gasteiger partial charge in [-0.05, 0) is 127 Å². The van der Waals surface area contributed by atoms with Gasteiger partial charge in [-0.25, -0.2) is 4.79 Å². The topological polar surface area (TPSA) is 149 Å². The zero-order valence-corrected chi connectivity index (χ0v) is 32.9. The molecule has 2 amide bonds. The first-order valence-electron chi connectivity index (χ1n) is 20.1. The number of phenolic OH excluding ortho intramolecular Hbond substituents is 1. The number of aliphatic hydroxyl groups excluding tert-OH is 2. The van der Waals surface area contributed by atoms with E-state index in [0.717, 1.165) is 51.4 Å². The van der Waals surface area contributed by atoms with Crippen molar-refractivity contribution in [3.8, 4) is 5.75 Å². The molecule has 0 spiro atoms. The SMILES string of the molecule is CC1(C)CC[C@]2(C(=O)NCCCNC(=O)Cc3cc(=O)oc4cc(O)ccc34)CC[C@]3(C)C(=CC[C@@H]4[C@@]5(C)C[C@@H](O)[C@H](O)C(C)(C)[C@@H]5CC[C@]43C)[C@@H]2C1. The van der Waals surface area contributed by atoms with E-state index in [1.807, 2.05) is 0 Å². The molecule has 2 aromatic rings. The molecule has 9 atom stereocenters. The Morgan fingerprint density at radius 1 is 0.887 bits per heavy atom. The maximum Gasteiger partial charge on any atom is 0.336 e. The number of nitrogens with one attached hydrogen (secondary N) is 2. The van der Waals surface area contributed by atoms with Crippen LogP contribution in [0.1, 0.15) is 118 Å². The van der Waals surface area contributed by atoms with E-state index in [1.165, 1.54) is 23.8 Å². The first-order valence-corrected chi connectivity index (χ1v) is 20.1. The Morgan fingerprint density at radius 3 is 2.36 bits per heavy atom. The van der Waals surface area contributed by atoms with Crippen molar-refractivity contribution >= 4 is 22.8 Å². The lowest BCUT2D eigenvalue weighted by Crippen LogP contribution is -2.67. The summed E-state index contributed by atoms with van der Waals surface area (Å²) in [6, 6.07) is 5.82. The molecule has 7 rings (SSSR count). The number of phenols is 1. The molecule has 53 heavy (non-hydrogen) atoms. The van der Waals surface area contributed by atoms with Gasteiger partial charge in [-0.2, -0.15) is 0 Å². The van der Waals surface area contributed by atoms with Gasteiger partial charge >= 0.3 is 5.63 Å². The van der Waals surface area contributed by atoms with Crippen molar-refractivity contribution in [2.24, 2.45) is 50.2 Å². The summed E-state index contributed by atoms with van der Waals surface area (Å²) in [6.07, 6.45) is 10.1. The lowest BCUT2D eigenvalue weighted by molar-refractivity contribution is -0.231. The lowest BCUT2D eigenvalue weighted by atomic mass is 9.33. The van der Waals surface area contributed by atoms with Crippen LogP contribution in [0.15, 0.2) is 45.1 Å². The third kappa shape index (κ3) is 5.98. The van der Waals surface area contributed by atoms with E-state index in [-0.39, 0.29) is 62.6 Å². The third-order valence-electron chi connectivity index (χ3n) is 16.2. The van der Waals surface area contributed by atoms with Gasteiger partial charge in [0, 0.05) is 30.6 Å². The van der Waals surface area contributed by atoms with Crippen LogP contribution in [-0.2, 0) is 16.0 Å². The number of rotatable bonds is 7. The van der Waals surface area contributed by atoms with E-state index in [9.17, 15) is 29.7 Å². The maximum atomic E-state index is 14.5. The van der Waals surface area contributed by atoms with Gasteiger partial charge in [-0.15, -0.1) is 0 Å². The van der Waals surface area contributed by atoms with Gasteiger partial charge in [-0.1, -0.05) is 60.1 Å². The molecule has 290 valence electrons. The lowest BCUT2D eigenvalue weighted by Gasteiger charge is -2.71. The zero-order chi connectivity index (χ0) is 38.4. The monoisotopic (exact) mass is 730 g/mol. The number of allylic oxidation sites excluding steroid dienone is 2. The van der Waals surface area contributed by atoms with Crippen LogP contribution in [0.4, 0.5) is 0 Å². The highest BCUT2D eigenvalue weighted by Crippen LogP contribution is 2.75. The predicted octanol–water partition coefficient (Wildman–Crippen LogP) is 6.80. The van der Waals surface area contributed by atoms with Gasteiger partial charge in [0.1, 0.15) is 11.3 Å². The highest BCUT2D eigenvalue weighted by Gasteiger charge is 2.70. The van der Waals surface area contributed by atoms with Crippen LogP contribution in [0.25, 0.3) is 11.0 Å². The summed E-state index contributed by atoms with van der Waals surface area (Å²) in [6.45, 7) is 17.3. The summed E-state index contributed by atoms with van der Waals surface area (Å²) < 4.78 is 5.19. The number of fused-ring (bicyclic) bond motifs is 8. The summed E-state index contributed by atoms with van der Waals surface area (Å²) in [4.78, 5) is 39.4. The minimum atomic E-state index is -0.717. The fourth-order valence-corrected chi connectivity index (χ4v) is 13.1. The standard InChI is InChI=1S/C44H62N2O7/c1-39(2)15-17-44(38(52)46-20-8-19-45-35(49)21-26-22-36(50)53-32-23-27(47)9-10-28(26)32)18-16-42(6)29(30(44)24-39)11-12-34-41(5)25-31(48)37(51)40(3,4)33(41)13-14-43(34,42)7/h9-11,22-23,30-31,33-34,37,47-48,51H,8,12-21,24-25H2,1-7H3,(H,45,49)(H,46,52)/t30-,31+,33-,34+,37-,41-,42+,43+,44-/m0/s1. The van der Waals surface area contributed by atoms with Crippen molar-refractivity contribution < 1.29 is 29.3 Å². The minimum Gasteiger partial charge on any atom is -0.508 e. The molecule has 5 N–H and O–H groups in total.